The van der Waals surface area contributed by atoms with Crippen LogP contribution in [-0.4, -0.2) is 57.6 Å². The van der Waals surface area contributed by atoms with Gasteiger partial charge in [-0.25, -0.2) is 0 Å². The summed E-state index contributed by atoms with van der Waals surface area (Å²) < 4.78 is 20.3. The van der Waals surface area contributed by atoms with Gasteiger partial charge < -0.3 is 24.1 Å². The van der Waals surface area contributed by atoms with Crippen LogP contribution < -0.4 is 0 Å². The lowest BCUT2D eigenvalue weighted by Gasteiger charge is -2.37. The van der Waals surface area contributed by atoms with Crippen LogP contribution in [0.4, 0.5) is 0 Å². The number of methoxy groups -OCH3 is 3. The largest absolute Gasteiger partial charge is 0.385 e. The van der Waals surface area contributed by atoms with Gasteiger partial charge in [0.1, 0.15) is 18.3 Å². The number of hydrogen-bond acceptors (Lipinski definition) is 5. The van der Waals surface area contributed by atoms with Gasteiger partial charge in [-0.2, -0.15) is 0 Å². The van der Waals surface area contributed by atoms with Crippen LogP contribution in [0, 0.1) is 0 Å². The van der Waals surface area contributed by atoms with Crippen LogP contribution in [0.15, 0.2) is 0 Å². The number of aliphatic hydroxyl groups is 1. The van der Waals surface area contributed by atoms with Crippen molar-refractivity contribution in [1.29, 1.82) is 0 Å². The zero-order valence-electron chi connectivity index (χ0n) is 8.10. The number of aliphatic hydroxyl groups excluding tert-OH is 1. The molecule has 0 spiro atoms. The molecule has 4 atom stereocenters. The summed E-state index contributed by atoms with van der Waals surface area (Å²) in [6, 6.07) is 0. The van der Waals surface area contributed by atoms with E-state index in [1.807, 2.05) is 0 Å². The molecule has 0 saturated carbocycles. The molecule has 0 amide bonds. The van der Waals surface area contributed by atoms with Crippen LogP contribution in [-0.2, 0) is 18.9 Å². The molecule has 5 heteroatoms. The minimum absolute atomic E-state index is 0.244. The minimum atomic E-state index is -0.811. The smallest absolute Gasteiger partial charge is 0.185 e. The summed E-state index contributed by atoms with van der Waals surface area (Å²) in [6.07, 6.45) is -2.08. The highest BCUT2D eigenvalue weighted by Crippen LogP contribution is 2.19. The molecule has 0 unspecified atom stereocenters. The van der Waals surface area contributed by atoms with Gasteiger partial charge in [-0.3, -0.25) is 0 Å². The second-order valence-electron chi connectivity index (χ2n) is 2.90. The molecule has 78 valence electrons. The minimum Gasteiger partial charge on any atom is -0.385 e. The first-order chi connectivity index (χ1) is 6.24. The van der Waals surface area contributed by atoms with Crippen LogP contribution in [0.25, 0.3) is 0 Å². The first kappa shape index (κ1) is 10.9. The van der Waals surface area contributed by atoms with Crippen molar-refractivity contribution in [1.82, 2.24) is 0 Å². The van der Waals surface area contributed by atoms with E-state index in [0.717, 1.165) is 0 Å². The van der Waals surface area contributed by atoms with Gasteiger partial charge in [-0.1, -0.05) is 0 Å². The Morgan fingerprint density at radius 1 is 1.15 bits per heavy atom. The van der Waals surface area contributed by atoms with Crippen molar-refractivity contribution in [3.63, 3.8) is 0 Å². The highest BCUT2D eigenvalue weighted by Gasteiger charge is 2.40. The van der Waals surface area contributed by atoms with Gasteiger partial charge in [0.15, 0.2) is 6.29 Å². The van der Waals surface area contributed by atoms with Crippen molar-refractivity contribution in [2.75, 3.05) is 27.9 Å². The molecule has 1 heterocycles. The molecule has 1 N–H and O–H groups in total. The van der Waals surface area contributed by atoms with E-state index in [-0.39, 0.29) is 6.10 Å². The van der Waals surface area contributed by atoms with Gasteiger partial charge in [-0.15, -0.1) is 0 Å². The van der Waals surface area contributed by atoms with Crippen molar-refractivity contribution in [2.45, 2.75) is 24.6 Å². The topological polar surface area (TPSA) is 57.2 Å². The lowest BCUT2D eigenvalue weighted by molar-refractivity contribution is -0.270. The third-order valence-corrected chi connectivity index (χ3v) is 2.21. The molecular weight excluding hydrogens is 176 g/mol. The highest BCUT2D eigenvalue weighted by atomic mass is 16.7. The number of hydrogen-bond donors (Lipinski definition) is 1. The zero-order valence-corrected chi connectivity index (χ0v) is 8.10. The summed E-state index contributed by atoms with van der Waals surface area (Å²) in [6.45, 7) is 0.366. The predicted molar refractivity (Wildman–Crippen MR) is 44.3 cm³/mol. The van der Waals surface area contributed by atoms with E-state index in [9.17, 15) is 5.11 Å². The molecule has 1 rings (SSSR count). The summed E-state index contributed by atoms with van der Waals surface area (Å²) in [5.41, 5.74) is 0. The quantitative estimate of drug-likeness (QED) is 0.646. The fourth-order valence-electron chi connectivity index (χ4n) is 1.46. The molecule has 0 aliphatic carbocycles. The maximum Gasteiger partial charge on any atom is 0.185 e. The van der Waals surface area contributed by atoms with Crippen LogP contribution in [0.2, 0.25) is 0 Å². The standard InChI is InChI=1S/C8H16O5/c1-10-5-4-13-8(12-3)6(9)7(5)11-2/h5-9H,4H2,1-3H3/t5-,6+,7-,8+/m0/s1. The van der Waals surface area contributed by atoms with Crippen molar-refractivity contribution in [3.8, 4) is 0 Å². The van der Waals surface area contributed by atoms with E-state index in [2.05, 4.69) is 0 Å². The van der Waals surface area contributed by atoms with Gasteiger partial charge in [0.2, 0.25) is 0 Å². The molecule has 0 radical (unpaired) electrons. The Morgan fingerprint density at radius 3 is 2.31 bits per heavy atom. The summed E-state index contributed by atoms with van der Waals surface area (Å²) in [5, 5.41) is 9.68. The highest BCUT2D eigenvalue weighted by molar-refractivity contribution is 4.84. The second-order valence-corrected chi connectivity index (χ2v) is 2.90. The molecule has 5 nitrogen and oxygen atoms in total. The Morgan fingerprint density at radius 2 is 1.85 bits per heavy atom. The van der Waals surface area contributed by atoms with Crippen LogP contribution >= 0.6 is 0 Å². The Bertz CT molecular complexity index is 151. The third-order valence-electron chi connectivity index (χ3n) is 2.21. The molecule has 1 aliphatic heterocycles. The maximum absolute atomic E-state index is 9.68. The van der Waals surface area contributed by atoms with E-state index >= 15 is 0 Å². The van der Waals surface area contributed by atoms with Crippen molar-refractivity contribution >= 4 is 0 Å². The van der Waals surface area contributed by atoms with Gasteiger partial charge in [-0.05, 0) is 0 Å². The average molecular weight is 192 g/mol. The predicted octanol–water partition coefficient (Wildman–Crippen LogP) is -0.620. The van der Waals surface area contributed by atoms with E-state index < -0.39 is 18.5 Å². The Balaban J connectivity index is 2.59. The third kappa shape index (κ3) is 2.18. The monoisotopic (exact) mass is 192 g/mol. The van der Waals surface area contributed by atoms with Crippen molar-refractivity contribution < 1.29 is 24.1 Å². The van der Waals surface area contributed by atoms with E-state index in [4.69, 9.17) is 18.9 Å². The first-order valence-corrected chi connectivity index (χ1v) is 4.12. The number of ether oxygens (including phenoxy) is 4. The summed E-state index contributed by atoms with van der Waals surface area (Å²) in [4.78, 5) is 0. The molecule has 1 fully saturated rings. The SMILES string of the molecule is CO[C@@H]1OC[C@H](OC)[C@H](OC)[C@H]1O. The fourth-order valence-corrected chi connectivity index (χ4v) is 1.46. The summed E-state index contributed by atoms with van der Waals surface area (Å²) in [5.74, 6) is 0. The molecule has 0 aromatic heterocycles. The average Bonchev–Trinajstić information content (AvgIpc) is 2.17. The molecule has 0 bridgehead atoms. The van der Waals surface area contributed by atoms with Gasteiger partial charge in [0, 0.05) is 21.3 Å². The number of rotatable bonds is 3. The summed E-state index contributed by atoms with van der Waals surface area (Å²) in [7, 11) is 4.56. The maximum atomic E-state index is 9.68. The first-order valence-electron chi connectivity index (χ1n) is 4.12. The van der Waals surface area contributed by atoms with Crippen LogP contribution in [0.1, 0.15) is 0 Å². The molecule has 0 aromatic carbocycles. The van der Waals surface area contributed by atoms with E-state index in [1.54, 1.807) is 7.11 Å². The molecular formula is C8H16O5. The van der Waals surface area contributed by atoms with E-state index in [0.29, 0.717) is 6.61 Å². The Hall–Kier alpha value is -0.200. The molecule has 13 heavy (non-hydrogen) atoms. The normalized spacial score (nSPS) is 40.6. The second kappa shape index (κ2) is 4.88. The van der Waals surface area contributed by atoms with Crippen molar-refractivity contribution in [2.24, 2.45) is 0 Å². The lowest BCUT2D eigenvalue weighted by Crippen LogP contribution is -2.54. The van der Waals surface area contributed by atoms with Gasteiger partial charge in [0.25, 0.3) is 0 Å². The Labute approximate surface area is 77.5 Å². The van der Waals surface area contributed by atoms with Gasteiger partial charge >= 0.3 is 0 Å². The fraction of sp³-hybridized carbons (Fsp3) is 1.00. The molecule has 0 aromatic rings. The van der Waals surface area contributed by atoms with E-state index in [1.165, 1.54) is 14.2 Å². The van der Waals surface area contributed by atoms with Gasteiger partial charge in [0.05, 0.1) is 6.61 Å². The Kier molecular flexibility index (Phi) is 4.08. The summed E-state index contributed by atoms with van der Waals surface area (Å²) >= 11 is 0. The van der Waals surface area contributed by atoms with Crippen LogP contribution in [0.3, 0.4) is 0 Å². The molecule has 1 saturated heterocycles. The zero-order chi connectivity index (χ0) is 9.84. The van der Waals surface area contributed by atoms with Crippen molar-refractivity contribution in [3.05, 3.63) is 0 Å². The van der Waals surface area contributed by atoms with Crippen LogP contribution in [0.5, 0.6) is 0 Å². The lowest BCUT2D eigenvalue weighted by atomic mass is 10.1. The molecule has 1 aliphatic rings.